The maximum atomic E-state index is 12.6. The lowest BCUT2D eigenvalue weighted by Crippen LogP contribution is -2.14. The number of ether oxygens (including phenoxy) is 2. The number of aryl methyl sites for hydroxylation is 2. The van der Waals surface area contributed by atoms with Crippen molar-refractivity contribution in [3.05, 3.63) is 57.6 Å². The largest absolute Gasteiger partial charge is 0.490 e. The summed E-state index contributed by atoms with van der Waals surface area (Å²) in [5, 5.41) is 3.02. The number of methoxy groups -OCH3 is 1. The third kappa shape index (κ3) is 4.58. The molecule has 0 unspecified atom stereocenters. The van der Waals surface area contributed by atoms with Gasteiger partial charge in [0.05, 0.1) is 11.1 Å². The number of nitrogens with one attached hydrogen (secondary N) is 1. The topological polar surface area (TPSA) is 47.6 Å². The van der Waals surface area contributed by atoms with E-state index in [0.717, 1.165) is 27.7 Å². The van der Waals surface area contributed by atoms with Crippen LogP contribution in [0.5, 0.6) is 5.75 Å². The third-order valence-corrected chi connectivity index (χ3v) is 4.34. The molecule has 1 amide bonds. The molecule has 1 N–H and O–H groups in total. The minimum absolute atomic E-state index is 0.136. The van der Waals surface area contributed by atoms with Gasteiger partial charge in [-0.15, -0.1) is 0 Å². The summed E-state index contributed by atoms with van der Waals surface area (Å²) in [4.78, 5) is 12.6. The zero-order chi connectivity index (χ0) is 17.5. The van der Waals surface area contributed by atoms with Crippen molar-refractivity contribution in [2.75, 3.05) is 25.6 Å². The summed E-state index contributed by atoms with van der Waals surface area (Å²) in [5.41, 5.74) is 3.65. The molecule has 0 spiro atoms. The van der Waals surface area contributed by atoms with E-state index in [9.17, 15) is 4.79 Å². The second kappa shape index (κ2) is 8.85. The molecular formula is C19H22BrNO3. The van der Waals surface area contributed by atoms with Gasteiger partial charge in [-0.05, 0) is 58.6 Å². The van der Waals surface area contributed by atoms with Gasteiger partial charge < -0.3 is 14.8 Å². The van der Waals surface area contributed by atoms with Crippen molar-refractivity contribution in [2.45, 2.75) is 20.3 Å². The molecule has 128 valence electrons. The Morgan fingerprint density at radius 1 is 1.21 bits per heavy atom. The van der Waals surface area contributed by atoms with Gasteiger partial charge in [0.1, 0.15) is 12.4 Å². The number of carbonyl (C=O) groups excluding carboxylic acids is 1. The van der Waals surface area contributed by atoms with E-state index >= 15 is 0 Å². The first kappa shape index (κ1) is 18.5. The van der Waals surface area contributed by atoms with E-state index in [4.69, 9.17) is 9.47 Å². The predicted octanol–water partition coefficient (Wildman–Crippen LogP) is 4.60. The number of benzene rings is 2. The summed E-state index contributed by atoms with van der Waals surface area (Å²) >= 11 is 3.45. The average Bonchev–Trinajstić information content (AvgIpc) is 2.58. The minimum atomic E-state index is -0.136. The van der Waals surface area contributed by atoms with Crippen LogP contribution in [0.25, 0.3) is 0 Å². The molecule has 0 radical (unpaired) electrons. The zero-order valence-electron chi connectivity index (χ0n) is 14.2. The van der Waals surface area contributed by atoms with Gasteiger partial charge in [-0.3, -0.25) is 4.79 Å². The van der Waals surface area contributed by atoms with E-state index in [-0.39, 0.29) is 5.91 Å². The van der Waals surface area contributed by atoms with Crippen LogP contribution in [0.1, 0.15) is 28.4 Å². The Morgan fingerprint density at radius 3 is 2.67 bits per heavy atom. The van der Waals surface area contributed by atoms with Crippen LogP contribution in [-0.4, -0.2) is 26.2 Å². The summed E-state index contributed by atoms with van der Waals surface area (Å²) < 4.78 is 11.3. The van der Waals surface area contributed by atoms with Gasteiger partial charge in [-0.1, -0.05) is 25.1 Å². The molecule has 4 nitrogen and oxygen atoms in total. The lowest BCUT2D eigenvalue weighted by Gasteiger charge is -2.14. The molecule has 2 aromatic rings. The van der Waals surface area contributed by atoms with Crippen molar-refractivity contribution >= 4 is 27.5 Å². The van der Waals surface area contributed by atoms with Gasteiger partial charge in [-0.25, -0.2) is 0 Å². The van der Waals surface area contributed by atoms with Gasteiger partial charge in [0.2, 0.25) is 0 Å². The van der Waals surface area contributed by atoms with E-state index in [1.165, 1.54) is 0 Å². The Balaban J connectivity index is 2.15. The van der Waals surface area contributed by atoms with Gasteiger partial charge >= 0.3 is 0 Å². The monoisotopic (exact) mass is 391 g/mol. The molecule has 0 aliphatic heterocycles. The number of para-hydroxylation sites is 1. The molecular weight excluding hydrogens is 370 g/mol. The number of hydrogen-bond donors (Lipinski definition) is 1. The normalized spacial score (nSPS) is 10.5. The first-order valence-corrected chi connectivity index (χ1v) is 8.67. The number of rotatable bonds is 7. The first-order valence-electron chi connectivity index (χ1n) is 7.88. The van der Waals surface area contributed by atoms with E-state index < -0.39 is 0 Å². The minimum Gasteiger partial charge on any atom is -0.490 e. The fourth-order valence-electron chi connectivity index (χ4n) is 2.38. The summed E-state index contributed by atoms with van der Waals surface area (Å²) in [6.45, 7) is 5.05. The van der Waals surface area contributed by atoms with Crippen molar-refractivity contribution in [1.29, 1.82) is 0 Å². The van der Waals surface area contributed by atoms with Crippen LogP contribution in [0, 0.1) is 6.92 Å². The Kier molecular flexibility index (Phi) is 6.82. The van der Waals surface area contributed by atoms with E-state index in [0.29, 0.717) is 24.5 Å². The Morgan fingerprint density at radius 2 is 2.00 bits per heavy atom. The fourth-order valence-corrected chi connectivity index (χ4v) is 2.88. The molecule has 24 heavy (non-hydrogen) atoms. The molecule has 0 atom stereocenters. The quantitative estimate of drug-likeness (QED) is 0.701. The molecule has 0 saturated carbocycles. The molecule has 0 aromatic heterocycles. The van der Waals surface area contributed by atoms with Crippen molar-refractivity contribution < 1.29 is 14.3 Å². The first-order chi connectivity index (χ1) is 11.6. The zero-order valence-corrected chi connectivity index (χ0v) is 15.8. The van der Waals surface area contributed by atoms with Gasteiger partial charge in [0.15, 0.2) is 0 Å². The van der Waals surface area contributed by atoms with Crippen LogP contribution in [0.2, 0.25) is 0 Å². The van der Waals surface area contributed by atoms with Gasteiger partial charge in [0, 0.05) is 18.4 Å². The highest BCUT2D eigenvalue weighted by Crippen LogP contribution is 2.27. The fraction of sp³-hybridized carbons (Fsp3) is 0.316. The summed E-state index contributed by atoms with van der Waals surface area (Å²) in [7, 11) is 1.63. The maximum Gasteiger partial charge on any atom is 0.255 e. The molecule has 0 aliphatic rings. The lowest BCUT2D eigenvalue weighted by molar-refractivity contribution is 0.102. The molecule has 0 bridgehead atoms. The summed E-state index contributed by atoms with van der Waals surface area (Å²) in [5.74, 6) is 0.553. The van der Waals surface area contributed by atoms with Crippen molar-refractivity contribution in [3.63, 3.8) is 0 Å². The summed E-state index contributed by atoms with van der Waals surface area (Å²) in [6.07, 6.45) is 0.868. The van der Waals surface area contributed by atoms with E-state index in [2.05, 4.69) is 28.2 Å². The standard InChI is InChI=1S/C19H22BrNO3/c1-4-14-7-5-6-13(2)18(14)21-19(22)15-8-9-17(16(20)12-15)24-11-10-23-3/h5-9,12H,4,10-11H2,1-3H3,(H,21,22). The van der Waals surface area contributed by atoms with Crippen molar-refractivity contribution in [2.24, 2.45) is 0 Å². The maximum absolute atomic E-state index is 12.6. The Bertz CT molecular complexity index is 716. The highest BCUT2D eigenvalue weighted by Gasteiger charge is 2.12. The van der Waals surface area contributed by atoms with Crippen LogP contribution in [0.3, 0.4) is 0 Å². The molecule has 2 rings (SSSR count). The number of amides is 1. The van der Waals surface area contributed by atoms with E-state index in [1.54, 1.807) is 25.3 Å². The Hall–Kier alpha value is -1.85. The van der Waals surface area contributed by atoms with Gasteiger partial charge in [0.25, 0.3) is 5.91 Å². The highest BCUT2D eigenvalue weighted by molar-refractivity contribution is 9.10. The van der Waals surface area contributed by atoms with Crippen molar-refractivity contribution in [1.82, 2.24) is 0 Å². The van der Waals surface area contributed by atoms with Crippen LogP contribution >= 0.6 is 15.9 Å². The summed E-state index contributed by atoms with van der Waals surface area (Å²) in [6, 6.07) is 11.3. The molecule has 0 aliphatic carbocycles. The second-order valence-electron chi connectivity index (χ2n) is 5.40. The lowest BCUT2D eigenvalue weighted by atomic mass is 10.1. The van der Waals surface area contributed by atoms with Crippen LogP contribution in [0.15, 0.2) is 40.9 Å². The molecule has 0 heterocycles. The average molecular weight is 392 g/mol. The molecule has 0 fully saturated rings. The number of hydrogen-bond acceptors (Lipinski definition) is 3. The molecule has 5 heteroatoms. The number of carbonyl (C=O) groups is 1. The van der Waals surface area contributed by atoms with Crippen molar-refractivity contribution in [3.8, 4) is 5.75 Å². The second-order valence-corrected chi connectivity index (χ2v) is 6.26. The third-order valence-electron chi connectivity index (χ3n) is 3.72. The van der Waals surface area contributed by atoms with Gasteiger partial charge in [-0.2, -0.15) is 0 Å². The number of halogens is 1. The number of anilines is 1. The predicted molar refractivity (Wildman–Crippen MR) is 100 cm³/mol. The van der Waals surface area contributed by atoms with E-state index in [1.807, 2.05) is 25.1 Å². The highest BCUT2D eigenvalue weighted by atomic mass is 79.9. The van der Waals surface area contributed by atoms with Crippen LogP contribution < -0.4 is 10.1 Å². The Labute approximate surface area is 151 Å². The smallest absolute Gasteiger partial charge is 0.255 e. The SMILES string of the molecule is CCc1cccc(C)c1NC(=O)c1ccc(OCCOC)c(Br)c1. The molecule has 2 aromatic carbocycles. The van der Waals surface area contributed by atoms with Crippen LogP contribution in [0.4, 0.5) is 5.69 Å². The van der Waals surface area contributed by atoms with Crippen LogP contribution in [-0.2, 0) is 11.2 Å². The molecule has 0 saturated heterocycles.